The van der Waals surface area contributed by atoms with E-state index in [1.807, 2.05) is 30.3 Å². The second-order valence-electron chi connectivity index (χ2n) is 3.37. The molecule has 0 aliphatic carbocycles. The van der Waals surface area contributed by atoms with Crippen molar-refractivity contribution in [2.24, 2.45) is 0 Å². The third kappa shape index (κ3) is 3.35. The van der Waals surface area contributed by atoms with Gasteiger partial charge < -0.3 is 0 Å². The average Bonchev–Trinajstić information content (AvgIpc) is 2.28. The van der Waals surface area contributed by atoms with Crippen LogP contribution in [0.2, 0.25) is 0 Å². The lowest BCUT2D eigenvalue weighted by molar-refractivity contribution is 0.626. The van der Waals surface area contributed by atoms with Crippen molar-refractivity contribution < 1.29 is 4.39 Å². The van der Waals surface area contributed by atoms with Crippen molar-refractivity contribution in [3.05, 3.63) is 64.4 Å². The van der Waals surface area contributed by atoms with Crippen molar-refractivity contribution in [3.63, 3.8) is 0 Å². The molecule has 0 aliphatic rings. The summed E-state index contributed by atoms with van der Waals surface area (Å²) < 4.78 is 14.0. The topological polar surface area (TPSA) is 0 Å². The van der Waals surface area contributed by atoms with Gasteiger partial charge in [0, 0.05) is 15.1 Å². The first-order valence-corrected chi connectivity index (χ1v) is 6.65. The van der Waals surface area contributed by atoms with Crippen LogP contribution in [0.25, 0.3) is 0 Å². The molecule has 0 amide bonds. The van der Waals surface area contributed by atoms with Crippen LogP contribution in [0.3, 0.4) is 0 Å². The van der Waals surface area contributed by atoms with Gasteiger partial charge in [-0.2, -0.15) is 0 Å². The summed E-state index contributed by atoms with van der Waals surface area (Å²) >= 11 is 5.10. The third-order valence-electron chi connectivity index (χ3n) is 2.11. The summed E-state index contributed by atoms with van der Waals surface area (Å²) in [5.41, 5.74) is 1.01. The van der Waals surface area contributed by atoms with E-state index >= 15 is 0 Å². The molecule has 2 aromatic rings. The predicted octanol–water partition coefficient (Wildman–Crippen LogP) is 4.88. The smallest absolute Gasteiger partial charge is 0.123 e. The molecule has 0 nitrogen and oxygen atoms in total. The fraction of sp³-hybridized carbons (Fsp3) is 0.0769. The minimum absolute atomic E-state index is 0.172. The van der Waals surface area contributed by atoms with Gasteiger partial charge >= 0.3 is 0 Å². The summed E-state index contributed by atoms with van der Waals surface area (Å²) in [5.74, 6) is 0.619. The molecule has 0 aromatic heterocycles. The fourth-order valence-electron chi connectivity index (χ4n) is 1.32. The van der Waals surface area contributed by atoms with Crippen LogP contribution < -0.4 is 0 Å². The molecular weight excluding hydrogens is 287 g/mol. The minimum atomic E-state index is -0.172. The Balaban J connectivity index is 1.99. The molecule has 0 spiro atoms. The molecule has 0 N–H and O–H groups in total. The van der Waals surface area contributed by atoms with Crippen LogP contribution in [0.1, 0.15) is 5.56 Å². The number of hydrogen-bond donors (Lipinski definition) is 0. The molecular formula is C13H10BrFS. The molecule has 0 saturated carbocycles. The van der Waals surface area contributed by atoms with Crippen LogP contribution in [0.4, 0.5) is 4.39 Å². The van der Waals surface area contributed by atoms with Crippen LogP contribution in [0, 0.1) is 5.82 Å². The zero-order chi connectivity index (χ0) is 11.4. The van der Waals surface area contributed by atoms with E-state index in [0.717, 1.165) is 15.8 Å². The Morgan fingerprint density at radius 3 is 2.50 bits per heavy atom. The predicted molar refractivity (Wildman–Crippen MR) is 70.1 cm³/mol. The lowest BCUT2D eigenvalue weighted by Gasteiger charge is -2.02. The first kappa shape index (κ1) is 11.7. The van der Waals surface area contributed by atoms with Crippen LogP contribution in [-0.2, 0) is 5.75 Å². The molecule has 0 fully saturated rings. The van der Waals surface area contributed by atoms with Gasteiger partial charge in [-0.15, -0.1) is 11.8 Å². The zero-order valence-corrected chi connectivity index (χ0v) is 10.9. The van der Waals surface area contributed by atoms with Crippen molar-refractivity contribution in [3.8, 4) is 0 Å². The molecule has 2 rings (SSSR count). The molecule has 82 valence electrons. The monoisotopic (exact) mass is 296 g/mol. The van der Waals surface area contributed by atoms with Gasteiger partial charge in [-0.3, -0.25) is 0 Å². The van der Waals surface area contributed by atoms with E-state index < -0.39 is 0 Å². The number of rotatable bonds is 3. The van der Waals surface area contributed by atoms with E-state index in [0.29, 0.717) is 0 Å². The molecule has 0 bridgehead atoms. The Morgan fingerprint density at radius 1 is 1.06 bits per heavy atom. The largest absolute Gasteiger partial charge is 0.207 e. The molecule has 0 atom stereocenters. The summed E-state index contributed by atoms with van der Waals surface area (Å²) in [5, 5.41) is 0. The van der Waals surface area contributed by atoms with E-state index in [2.05, 4.69) is 15.9 Å². The Kier molecular flexibility index (Phi) is 4.02. The van der Waals surface area contributed by atoms with E-state index in [1.54, 1.807) is 23.9 Å². The molecule has 2 aromatic carbocycles. The molecule has 0 heterocycles. The first-order chi connectivity index (χ1) is 7.74. The minimum Gasteiger partial charge on any atom is -0.207 e. The van der Waals surface area contributed by atoms with Gasteiger partial charge in [0.05, 0.1) is 0 Å². The summed E-state index contributed by atoms with van der Waals surface area (Å²) in [4.78, 5) is 1.19. The molecule has 0 aliphatic heterocycles. The molecule has 0 radical (unpaired) electrons. The van der Waals surface area contributed by atoms with Gasteiger partial charge in [-0.1, -0.05) is 28.1 Å². The number of thioether (sulfide) groups is 1. The Hall–Kier alpha value is -0.800. The second-order valence-corrected chi connectivity index (χ2v) is 5.34. The molecule has 3 heteroatoms. The first-order valence-electron chi connectivity index (χ1n) is 4.87. The SMILES string of the molecule is Fc1cccc(CSc2ccc(Br)cc2)c1. The lowest BCUT2D eigenvalue weighted by Crippen LogP contribution is -1.82. The Labute approximate surface area is 107 Å². The standard InChI is InChI=1S/C13H10BrFS/c14-11-4-6-13(7-5-11)16-9-10-2-1-3-12(15)8-10/h1-8H,9H2. The van der Waals surface area contributed by atoms with E-state index in [1.165, 1.54) is 11.0 Å². The summed E-state index contributed by atoms with van der Waals surface area (Å²) in [6, 6.07) is 14.8. The Bertz CT molecular complexity index is 468. The summed E-state index contributed by atoms with van der Waals surface area (Å²) in [6.45, 7) is 0. The lowest BCUT2D eigenvalue weighted by atomic mass is 10.2. The highest BCUT2D eigenvalue weighted by Crippen LogP contribution is 2.24. The van der Waals surface area contributed by atoms with Gasteiger partial charge in [0.2, 0.25) is 0 Å². The normalized spacial score (nSPS) is 10.4. The average molecular weight is 297 g/mol. The van der Waals surface area contributed by atoms with Gasteiger partial charge in [0.1, 0.15) is 5.82 Å². The van der Waals surface area contributed by atoms with Crippen molar-refractivity contribution in [2.45, 2.75) is 10.6 Å². The highest BCUT2D eigenvalue weighted by atomic mass is 79.9. The maximum atomic E-state index is 12.9. The number of benzene rings is 2. The third-order valence-corrected chi connectivity index (χ3v) is 3.72. The maximum Gasteiger partial charge on any atom is 0.123 e. The van der Waals surface area contributed by atoms with Crippen molar-refractivity contribution in [2.75, 3.05) is 0 Å². The quantitative estimate of drug-likeness (QED) is 0.728. The van der Waals surface area contributed by atoms with E-state index in [-0.39, 0.29) is 5.82 Å². The van der Waals surface area contributed by atoms with Crippen LogP contribution in [0.15, 0.2) is 57.9 Å². The summed E-state index contributed by atoms with van der Waals surface area (Å²) in [6.07, 6.45) is 0. The van der Waals surface area contributed by atoms with E-state index in [4.69, 9.17) is 0 Å². The van der Waals surface area contributed by atoms with Gasteiger partial charge in [-0.25, -0.2) is 4.39 Å². The number of halogens is 2. The van der Waals surface area contributed by atoms with Crippen molar-refractivity contribution in [1.29, 1.82) is 0 Å². The van der Waals surface area contributed by atoms with Crippen LogP contribution in [0.5, 0.6) is 0 Å². The number of hydrogen-bond acceptors (Lipinski definition) is 1. The van der Waals surface area contributed by atoms with Crippen LogP contribution >= 0.6 is 27.7 Å². The summed E-state index contributed by atoms with van der Waals surface area (Å²) in [7, 11) is 0. The maximum absolute atomic E-state index is 12.9. The molecule has 0 unspecified atom stereocenters. The second kappa shape index (κ2) is 5.51. The highest BCUT2D eigenvalue weighted by Gasteiger charge is 1.97. The van der Waals surface area contributed by atoms with Gasteiger partial charge in [0.15, 0.2) is 0 Å². The highest BCUT2D eigenvalue weighted by molar-refractivity contribution is 9.10. The van der Waals surface area contributed by atoms with Crippen molar-refractivity contribution >= 4 is 27.7 Å². The zero-order valence-electron chi connectivity index (χ0n) is 8.49. The molecule has 16 heavy (non-hydrogen) atoms. The van der Waals surface area contributed by atoms with Crippen molar-refractivity contribution in [1.82, 2.24) is 0 Å². The van der Waals surface area contributed by atoms with Crippen LogP contribution in [-0.4, -0.2) is 0 Å². The Morgan fingerprint density at radius 2 is 1.81 bits per heavy atom. The van der Waals surface area contributed by atoms with Gasteiger partial charge in [0.25, 0.3) is 0 Å². The van der Waals surface area contributed by atoms with E-state index in [9.17, 15) is 4.39 Å². The molecule has 0 saturated heterocycles. The van der Waals surface area contributed by atoms with Gasteiger partial charge in [-0.05, 0) is 42.0 Å². The fourth-order valence-corrected chi connectivity index (χ4v) is 2.43.